The number of rotatable bonds is 6. The van der Waals surface area contributed by atoms with E-state index in [0.717, 1.165) is 8.79 Å². The van der Waals surface area contributed by atoms with Crippen LogP contribution < -0.4 is 8.79 Å². The van der Waals surface area contributed by atoms with Crippen molar-refractivity contribution in [3.05, 3.63) is 60.7 Å². The Bertz CT molecular complexity index is 585. The van der Waals surface area contributed by atoms with Crippen LogP contribution in [0.5, 0.6) is 0 Å². The van der Waals surface area contributed by atoms with Crippen LogP contribution >= 0.6 is 0 Å². The van der Waals surface area contributed by atoms with Gasteiger partial charge in [-0.3, -0.25) is 0 Å². The van der Waals surface area contributed by atoms with Gasteiger partial charge in [0.2, 0.25) is 0 Å². The SMILES string of the molecule is CC(C)(C)O[O][Ge]([O]OC(C)(C)C)([c]1ccccc1)[c]1ccccc1. The van der Waals surface area contributed by atoms with Gasteiger partial charge in [-0.15, -0.1) is 0 Å². The monoisotopic (exact) mass is 406 g/mol. The summed E-state index contributed by atoms with van der Waals surface area (Å²) in [5, 5.41) is 0. The second-order valence-electron chi connectivity index (χ2n) is 7.91. The topological polar surface area (TPSA) is 36.9 Å². The quantitative estimate of drug-likeness (QED) is 0.417. The van der Waals surface area contributed by atoms with E-state index in [1.807, 2.05) is 102 Å². The number of hydrogen-bond acceptors (Lipinski definition) is 4. The van der Waals surface area contributed by atoms with E-state index >= 15 is 0 Å². The number of hydrogen-bond donors (Lipinski definition) is 0. The van der Waals surface area contributed by atoms with Gasteiger partial charge < -0.3 is 0 Å². The molecule has 136 valence electrons. The van der Waals surface area contributed by atoms with Gasteiger partial charge in [-0.25, -0.2) is 0 Å². The molecule has 0 bridgehead atoms. The van der Waals surface area contributed by atoms with E-state index in [4.69, 9.17) is 17.6 Å². The molecule has 0 atom stereocenters. The maximum atomic E-state index is 6.10. The Morgan fingerprint density at radius 1 is 0.560 bits per heavy atom. The van der Waals surface area contributed by atoms with Crippen molar-refractivity contribution in [3.63, 3.8) is 0 Å². The van der Waals surface area contributed by atoms with Crippen molar-refractivity contribution in [2.45, 2.75) is 52.7 Å². The molecule has 2 aromatic carbocycles. The first-order valence-electron chi connectivity index (χ1n) is 8.47. The van der Waals surface area contributed by atoms with Gasteiger partial charge in [0.05, 0.1) is 0 Å². The number of benzene rings is 2. The summed E-state index contributed by atoms with van der Waals surface area (Å²) in [7, 11) is 0. The molecule has 0 aliphatic carbocycles. The fourth-order valence-electron chi connectivity index (χ4n) is 2.06. The van der Waals surface area contributed by atoms with Gasteiger partial charge in [0.15, 0.2) is 0 Å². The predicted molar refractivity (Wildman–Crippen MR) is 102 cm³/mol. The van der Waals surface area contributed by atoms with Crippen molar-refractivity contribution in [2.24, 2.45) is 0 Å². The fraction of sp³-hybridized carbons (Fsp3) is 0.400. The Kier molecular flexibility index (Phi) is 6.46. The zero-order chi connectivity index (χ0) is 18.6. The molecular formula is C20H28GeO4. The summed E-state index contributed by atoms with van der Waals surface area (Å²) in [6.07, 6.45) is 0. The zero-order valence-corrected chi connectivity index (χ0v) is 18.0. The summed E-state index contributed by atoms with van der Waals surface area (Å²) in [5.74, 6) is 0. The van der Waals surface area contributed by atoms with Crippen LogP contribution in [0.2, 0.25) is 0 Å². The summed E-state index contributed by atoms with van der Waals surface area (Å²) < 4.78 is 14.1. The average molecular weight is 405 g/mol. The standard InChI is InChI=1S/C20H28GeO4/c1-19(2,3)22-24-21(25-23-20(4,5)6,17-13-9-7-10-14-17)18-15-11-8-12-16-18/h7-16H,1-6H3. The molecule has 0 saturated heterocycles. The Hall–Kier alpha value is -1.18. The summed E-state index contributed by atoms with van der Waals surface area (Å²) in [4.78, 5) is 11.5. The van der Waals surface area contributed by atoms with Crippen molar-refractivity contribution in [1.29, 1.82) is 0 Å². The molecular weight excluding hydrogens is 377 g/mol. The van der Waals surface area contributed by atoms with E-state index in [9.17, 15) is 0 Å². The van der Waals surface area contributed by atoms with Crippen molar-refractivity contribution >= 4 is 22.7 Å². The minimum absolute atomic E-state index is 0.467. The van der Waals surface area contributed by atoms with Gasteiger partial charge in [0, 0.05) is 0 Å². The molecule has 0 N–H and O–H groups in total. The normalized spacial score (nSPS) is 13.0. The second kappa shape index (κ2) is 8.02. The summed E-state index contributed by atoms with van der Waals surface area (Å²) in [6.45, 7) is 11.7. The molecule has 0 amide bonds. The summed E-state index contributed by atoms with van der Waals surface area (Å²) in [6, 6.07) is 19.8. The molecule has 25 heavy (non-hydrogen) atoms. The summed E-state index contributed by atoms with van der Waals surface area (Å²) >= 11 is -3.87. The van der Waals surface area contributed by atoms with Gasteiger partial charge in [-0.2, -0.15) is 0 Å². The van der Waals surface area contributed by atoms with Crippen molar-refractivity contribution in [3.8, 4) is 0 Å². The van der Waals surface area contributed by atoms with E-state index in [1.165, 1.54) is 0 Å². The molecule has 0 radical (unpaired) electrons. The average Bonchev–Trinajstić information content (AvgIpc) is 2.55. The van der Waals surface area contributed by atoms with E-state index in [1.54, 1.807) is 0 Å². The van der Waals surface area contributed by atoms with Gasteiger partial charge >= 0.3 is 154 Å². The van der Waals surface area contributed by atoms with Crippen LogP contribution in [0.3, 0.4) is 0 Å². The van der Waals surface area contributed by atoms with Crippen LogP contribution in [0.1, 0.15) is 41.5 Å². The van der Waals surface area contributed by atoms with Crippen molar-refractivity contribution in [1.82, 2.24) is 0 Å². The van der Waals surface area contributed by atoms with Gasteiger partial charge in [0.1, 0.15) is 0 Å². The van der Waals surface area contributed by atoms with Crippen LogP contribution in [0.4, 0.5) is 0 Å². The zero-order valence-electron chi connectivity index (χ0n) is 15.9. The molecule has 0 unspecified atom stereocenters. The molecule has 2 aromatic rings. The Morgan fingerprint density at radius 2 is 0.880 bits per heavy atom. The van der Waals surface area contributed by atoms with Crippen LogP contribution in [-0.4, -0.2) is 25.1 Å². The molecule has 4 nitrogen and oxygen atoms in total. The molecule has 0 spiro atoms. The summed E-state index contributed by atoms with van der Waals surface area (Å²) in [5.41, 5.74) is -0.934. The predicted octanol–water partition coefficient (Wildman–Crippen LogP) is 3.74. The first-order chi connectivity index (χ1) is 11.6. The first-order valence-corrected chi connectivity index (χ1v) is 12.3. The Morgan fingerprint density at radius 3 is 1.16 bits per heavy atom. The third kappa shape index (κ3) is 5.94. The van der Waals surface area contributed by atoms with E-state index in [0.29, 0.717) is 0 Å². The third-order valence-corrected chi connectivity index (χ3v) is 9.05. The molecule has 0 heterocycles. The fourth-order valence-corrected chi connectivity index (χ4v) is 7.81. The second-order valence-corrected chi connectivity index (χ2v) is 13.6. The van der Waals surface area contributed by atoms with Gasteiger partial charge in [0.25, 0.3) is 0 Å². The van der Waals surface area contributed by atoms with Gasteiger partial charge in [-0.05, 0) is 0 Å². The Labute approximate surface area is 154 Å². The molecule has 0 aromatic heterocycles. The molecule has 0 saturated carbocycles. The van der Waals surface area contributed by atoms with Crippen molar-refractivity contribution < 1.29 is 17.6 Å². The Balaban J connectivity index is 2.52. The minimum atomic E-state index is -3.87. The molecule has 5 heteroatoms. The van der Waals surface area contributed by atoms with E-state index in [2.05, 4.69) is 0 Å². The van der Waals surface area contributed by atoms with Crippen LogP contribution in [-0.2, 0) is 17.6 Å². The third-order valence-electron chi connectivity index (χ3n) is 3.13. The maximum absolute atomic E-state index is 6.10. The van der Waals surface area contributed by atoms with Crippen LogP contribution in [0, 0.1) is 0 Å². The molecule has 0 aliphatic rings. The molecule has 0 fully saturated rings. The molecule has 2 rings (SSSR count). The molecule has 0 aliphatic heterocycles. The van der Waals surface area contributed by atoms with Gasteiger partial charge in [-0.1, -0.05) is 0 Å². The van der Waals surface area contributed by atoms with Crippen molar-refractivity contribution in [2.75, 3.05) is 0 Å². The van der Waals surface area contributed by atoms with Crippen LogP contribution in [0.15, 0.2) is 60.7 Å². The van der Waals surface area contributed by atoms with E-state index in [-0.39, 0.29) is 0 Å². The first kappa shape index (κ1) is 20.1. The van der Waals surface area contributed by atoms with E-state index < -0.39 is 25.1 Å². The van der Waals surface area contributed by atoms with Crippen LogP contribution in [0.25, 0.3) is 0 Å².